The summed E-state index contributed by atoms with van der Waals surface area (Å²) in [5, 5.41) is 3.43. The van der Waals surface area contributed by atoms with Crippen molar-refractivity contribution < 1.29 is 8.78 Å². The molecule has 0 saturated carbocycles. The van der Waals surface area contributed by atoms with Crippen LogP contribution in [-0.4, -0.2) is 30.1 Å². The first-order chi connectivity index (χ1) is 9.52. The summed E-state index contributed by atoms with van der Waals surface area (Å²) >= 11 is 0. The van der Waals surface area contributed by atoms with E-state index in [1.165, 1.54) is 18.2 Å². The van der Waals surface area contributed by atoms with E-state index in [1.807, 2.05) is 0 Å². The molecule has 2 rings (SSSR count). The topological polar surface area (TPSA) is 15.3 Å². The molecule has 1 aromatic carbocycles. The number of halogens is 2. The lowest BCUT2D eigenvalue weighted by Crippen LogP contribution is -2.47. The van der Waals surface area contributed by atoms with Gasteiger partial charge in [0, 0.05) is 30.2 Å². The van der Waals surface area contributed by atoms with Crippen molar-refractivity contribution in [2.45, 2.75) is 51.7 Å². The standard InChI is InChI=1S/C16H24F2N2/c1-4-19-13-7-8-20(11(2)3)16(10-13)14-9-12(17)5-6-15(14)18/h5-6,9,11,13,16,19H,4,7-8,10H2,1-3H3. The zero-order valence-corrected chi connectivity index (χ0v) is 12.5. The Balaban J connectivity index is 2.28. The van der Waals surface area contributed by atoms with Crippen LogP contribution in [-0.2, 0) is 0 Å². The highest BCUT2D eigenvalue weighted by Crippen LogP contribution is 2.34. The third-order valence-corrected chi connectivity index (χ3v) is 4.12. The van der Waals surface area contributed by atoms with Crippen LogP contribution in [0, 0.1) is 11.6 Å². The molecule has 1 fully saturated rings. The maximum atomic E-state index is 14.1. The molecule has 2 atom stereocenters. The Hall–Kier alpha value is -1.00. The van der Waals surface area contributed by atoms with E-state index >= 15 is 0 Å². The molecule has 20 heavy (non-hydrogen) atoms. The molecule has 2 unspecified atom stereocenters. The highest BCUT2D eigenvalue weighted by Gasteiger charge is 2.32. The first kappa shape index (κ1) is 15.4. The Morgan fingerprint density at radius 2 is 2.10 bits per heavy atom. The van der Waals surface area contributed by atoms with E-state index in [4.69, 9.17) is 0 Å². The van der Waals surface area contributed by atoms with E-state index in [1.54, 1.807) is 0 Å². The highest BCUT2D eigenvalue weighted by molar-refractivity contribution is 5.23. The van der Waals surface area contributed by atoms with Gasteiger partial charge < -0.3 is 5.32 Å². The number of hydrogen-bond acceptors (Lipinski definition) is 2. The third kappa shape index (κ3) is 3.36. The Labute approximate surface area is 120 Å². The van der Waals surface area contributed by atoms with Crippen LogP contribution in [0.2, 0.25) is 0 Å². The fourth-order valence-corrected chi connectivity index (χ4v) is 3.15. The minimum absolute atomic E-state index is 0.0523. The third-order valence-electron chi connectivity index (χ3n) is 4.12. The second-order valence-electron chi connectivity index (χ2n) is 5.79. The van der Waals surface area contributed by atoms with E-state index in [-0.39, 0.29) is 17.7 Å². The van der Waals surface area contributed by atoms with Gasteiger partial charge in [-0.3, -0.25) is 4.90 Å². The molecule has 1 N–H and O–H groups in total. The fraction of sp³-hybridized carbons (Fsp3) is 0.625. The molecule has 4 heteroatoms. The Bertz CT molecular complexity index is 448. The molecule has 1 heterocycles. The van der Waals surface area contributed by atoms with Crippen LogP contribution >= 0.6 is 0 Å². The Kier molecular flexibility index (Phi) is 5.11. The molecule has 0 spiro atoms. The molecule has 1 saturated heterocycles. The quantitative estimate of drug-likeness (QED) is 0.909. The van der Waals surface area contributed by atoms with E-state index in [0.29, 0.717) is 17.6 Å². The van der Waals surface area contributed by atoms with Crippen molar-refractivity contribution in [3.05, 3.63) is 35.4 Å². The van der Waals surface area contributed by atoms with Crippen LogP contribution in [0.15, 0.2) is 18.2 Å². The number of benzene rings is 1. The predicted octanol–water partition coefficient (Wildman–Crippen LogP) is 3.49. The predicted molar refractivity (Wildman–Crippen MR) is 77.6 cm³/mol. The van der Waals surface area contributed by atoms with Crippen LogP contribution in [0.1, 0.15) is 45.2 Å². The number of rotatable bonds is 4. The van der Waals surface area contributed by atoms with Gasteiger partial charge in [0.2, 0.25) is 0 Å². The number of likely N-dealkylation sites (tertiary alicyclic amines) is 1. The van der Waals surface area contributed by atoms with Crippen molar-refractivity contribution in [3.8, 4) is 0 Å². The number of piperidine rings is 1. The molecule has 0 bridgehead atoms. The highest BCUT2D eigenvalue weighted by atomic mass is 19.1. The number of hydrogen-bond donors (Lipinski definition) is 1. The lowest BCUT2D eigenvalue weighted by atomic mass is 9.90. The van der Waals surface area contributed by atoms with Gasteiger partial charge in [0.1, 0.15) is 11.6 Å². The molecule has 1 aromatic rings. The summed E-state index contributed by atoms with van der Waals surface area (Å²) in [6.45, 7) is 8.11. The lowest BCUT2D eigenvalue weighted by molar-refractivity contribution is 0.0905. The smallest absolute Gasteiger partial charge is 0.128 e. The maximum Gasteiger partial charge on any atom is 0.128 e. The van der Waals surface area contributed by atoms with Gasteiger partial charge in [0.05, 0.1) is 0 Å². The molecule has 0 amide bonds. The van der Waals surface area contributed by atoms with Crippen LogP contribution in [0.5, 0.6) is 0 Å². The molecule has 0 aromatic heterocycles. The first-order valence-corrected chi connectivity index (χ1v) is 7.47. The summed E-state index contributed by atoms with van der Waals surface area (Å²) in [7, 11) is 0. The first-order valence-electron chi connectivity index (χ1n) is 7.47. The normalized spacial score (nSPS) is 24.3. The molecule has 1 aliphatic heterocycles. The Morgan fingerprint density at radius 1 is 1.35 bits per heavy atom. The maximum absolute atomic E-state index is 14.1. The van der Waals surface area contributed by atoms with Gasteiger partial charge >= 0.3 is 0 Å². The number of nitrogens with zero attached hydrogens (tertiary/aromatic N) is 1. The zero-order chi connectivity index (χ0) is 14.7. The van der Waals surface area contributed by atoms with Crippen molar-refractivity contribution in [2.24, 2.45) is 0 Å². The number of nitrogens with one attached hydrogen (secondary N) is 1. The summed E-state index contributed by atoms with van der Waals surface area (Å²) in [6.07, 6.45) is 1.88. The van der Waals surface area contributed by atoms with Crippen molar-refractivity contribution >= 4 is 0 Å². The summed E-state index contributed by atoms with van der Waals surface area (Å²) in [6, 6.07) is 4.42. The van der Waals surface area contributed by atoms with Crippen LogP contribution in [0.25, 0.3) is 0 Å². The van der Waals surface area contributed by atoms with Crippen LogP contribution in [0.3, 0.4) is 0 Å². The van der Waals surface area contributed by atoms with Gasteiger partial charge in [-0.2, -0.15) is 0 Å². The molecule has 0 radical (unpaired) electrons. The average molecular weight is 282 g/mol. The summed E-state index contributed by atoms with van der Waals surface area (Å²) in [5.41, 5.74) is 0.487. The summed E-state index contributed by atoms with van der Waals surface area (Å²) < 4.78 is 27.6. The van der Waals surface area contributed by atoms with E-state index in [9.17, 15) is 8.78 Å². The monoisotopic (exact) mass is 282 g/mol. The molecule has 2 nitrogen and oxygen atoms in total. The second kappa shape index (κ2) is 6.64. The molecule has 112 valence electrons. The van der Waals surface area contributed by atoms with E-state index < -0.39 is 0 Å². The Morgan fingerprint density at radius 3 is 2.75 bits per heavy atom. The van der Waals surface area contributed by atoms with Gasteiger partial charge in [-0.25, -0.2) is 8.78 Å². The van der Waals surface area contributed by atoms with E-state index in [2.05, 4.69) is 31.0 Å². The zero-order valence-electron chi connectivity index (χ0n) is 12.5. The van der Waals surface area contributed by atoms with Gasteiger partial charge in [0.25, 0.3) is 0 Å². The summed E-state index contributed by atoms with van der Waals surface area (Å²) in [4.78, 5) is 2.27. The summed E-state index contributed by atoms with van der Waals surface area (Å²) in [5.74, 6) is -0.671. The largest absolute Gasteiger partial charge is 0.314 e. The van der Waals surface area contributed by atoms with Crippen LogP contribution < -0.4 is 5.32 Å². The molecular weight excluding hydrogens is 258 g/mol. The van der Waals surface area contributed by atoms with Gasteiger partial charge in [0.15, 0.2) is 0 Å². The van der Waals surface area contributed by atoms with Crippen LogP contribution in [0.4, 0.5) is 8.78 Å². The van der Waals surface area contributed by atoms with Gasteiger partial charge in [-0.1, -0.05) is 6.92 Å². The lowest BCUT2D eigenvalue weighted by Gasteiger charge is -2.42. The minimum atomic E-state index is -0.365. The second-order valence-corrected chi connectivity index (χ2v) is 5.79. The van der Waals surface area contributed by atoms with Crippen molar-refractivity contribution in [1.29, 1.82) is 0 Å². The molecule has 0 aliphatic carbocycles. The van der Waals surface area contributed by atoms with Crippen molar-refractivity contribution in [3.63, 3.8) is 0 Å². The van der Waals surface area contributed by atoms with Gasteiger partial charge in [-0.15, -0.1) is 0 Å². The SMILES string of the molecule is CCNC1CCN(C(C)C)C(c2cc(F)ccc2F)C1. The fourth-order valence-electron chi connectivity index (χ4n) is 3.15. The minimum Gasteiger partial charge on any atom is -0.314 e. The van der Waals surface area contributed by atoms with E-state index in [0.717, 1.165) is 25.9 Å². The van der Waals surface area contributed by atoms with Crippen molar-refractivity contribution in [2.75, 3.05) is 13.1 Å². The average Bonchev–Trinajstić information content (AvgIpc) is 2.41. The van der Waals surface area contributed by atoms with Gasteiger partial charge in [-0.05, 0) is 51.4 Å². The van der Waals surface area contributed by atoms with Crippen molar-refractivity contribution in [1.82, 2.24) is 10.2 Å². The molecule has 1 aliphatic rings. The molecular formula is C16H24F2N2.